The first-order valence-corrected chi connectivity index (χ1v) is 6.14. The second kappa shape index (κ2) is 5.91. The van der Waals surface area contributed by atoms with Crippen LogP contribution < -0.4 is 5.32 Å². The summed E-state index contributed by atoms with van der Waals surface area (Å²) in [5, 5.41) is 3.78. The quantitative estimate of drug-likeness (QED) is 0.874. The fourth-order valence-corrected chi connectivity index (χ4v) is 2.08. The van der Waals surface area contributed by atoms with E-state index in [0.29, 0.717) is 10.8 Å². The van der Waals surface area contributed by atoms with Crippen LogP contribution in [0.5, 0.6) is 0 Å². The molecule has 2 rings (SSSR count). The van der Waals surface area contributed by atoms with Gasteiger partial charge >= 0.3 is 5.97 Å². The second-order valence-corrected chi connectivity index (χ2v) is 4.41. The van der Waals surface area contributed by atoms with Gasteiger partial charge in [-0.15, -0.1) is 0 Å². The highest BCUT2D eigenvalue weighted by molar-refractivity contribution is 6.30. The van der Waals surface area contributed by atoms with E-state index in [1.807, 2.05) is 25.2 Å². The van der Waals surface area contributed by atoms with E-state index in [2.05, 4.69) is 10.1 Å². The van der Waals surface area contributed by atoms with Gasteiger partial charge in [-0.3, -0.25) is 0 Å². The lowest BCUT2D eigenvalue weighted by atomic mass is 10.1. The van der Waals surface area contributed by atoms with Gasteiger partial charge in [0.15, 0.2) is 0 Å². The van der Waals surface area contributed by atoms with Crippen molar-refractivity contribution in [3.05, 3.63) is 58.5 Å². The van der Waals surface area contributed by atoms with Gasteiger partial charge in [-0.05, 0) is 36.9 Å². The molecule has 1 aromatic carbocycles. The van der Waals surface area contributed by atoms with E-state index in [-0.39, 0.29) is 11.8 Å². The third-order valence-electron chi connectivity index (χ3n) is 2.77. The number of hydrogen-bond acceptors (Lipinski definition) is 4. The summed E-state index contributed by atoms with van der Waals surface area (Å²) in [6, 6.07) is 10.6. The molecular weight excluding hydrogens is 266 g/mol. The number of benzene rings is 1. The number of ether oxygens (including phenoxy) is 1. The molecule has 0 bridgehead atoms. The van der Waals surface area contributed by atoms with Crippen LogP contribution in [0.25, 0.3) is 0 Å². The Morgan fingerprint density at radius 2 is 2.16 bits per heavy atom. The van der Waals surface area contributed by atoms with E-state index in [0.717, 1.165) is 5.56 Å². The molecule has 1 N–H and O–H groups in total. The Morgan fingerprint density at radius 3 is 2.79 bits per heavy atom. The highest BCUT2D eigenvalue weighted by Crippen LogP contribution is 2.25. The van der Waals surface area contributed by atoms with Gasteiger partial charge < -0.3 is 14.5 Å². The maximum absolute atomic E-state index is 11.4. The van der Waals surface area contributed by atoms with Crippen LogP contribution in [0.15, 0.2) is 40.8 Å². The standard InChI is InChI=1S/C14H14ClNO3/c1-16-13(9-4-3-5-10(15)8-9)11-6-7-12(19-11)14(17)18-2/h3-8,13,16H,1-2H3. The first kappa shape index (κ1) is 13.6. The molecular formula is C14H14ClNO3. The highest BCUT2D eigenvalue weighted by Gasteiger charge is 2.19. The molecule has 0 radical (unpaired) electrons. The molecule has 0 fully saturated rings. The van der Waals surface area contributed by atoms with Gasteiger partial charge in [0.1, 0.15) is 5.76 Å². The molecule has 1 heterocycles. The molecule has 4 nitrogen and oxygen atoms in total. The molecule has 0 spiro atoms. The largest absolute Gasteiger partial charge is 0.463 e. The van der Waals surface area contributed by atoms with E-state index in [9.17, 15) is 4.79 Å². The molecule has 0 aliphatic carbocycles. The number of halogens is 1. The number of nitrogens with one attached hydrogen (secondary N) is 1. The summed E-state index contributed by atoms with van der Waals surface area (Å²) in [7, 11) is 3.13. The van der Waals surface area contributed by atoms with Crippen LogP contribution in [0.3, 0.4) is 0 Å². The van der Waals surface area contributed by atoms with Gasteiger partial charge in [0, 0.05) is 5.02 Å². The Morgan fingerprint density at radius 1 is 1.37 bits per heavy atom. The summed E-state index contributed by atoms with van der Waals surface area (Å²) < 4.78 is 10.1. The summed E-state index contributed by atoms with van der Waals surface area (Å²) in [6.07, 6.45) is 0. The fourth-order valence-electron chi connectivity index (χ4n) is 1.88. The lowest BCUT2D eigenvalue weighted by Gasteiger charge is -2.14. The molecule has 1 aromatic heterocycles. The summed E-state index contributed by atoms with van der Waals surface area (Å²) in [5.74, 6) is 0.317. The van der Waals surface area contributed by atoms with Crippen LogP contribution in [0, 0.1) is 0 Å². The van der Waals surface area contributed by atoms with Gasteiger partial charge in [-0.1, -0.05) is 23.7 Å². The number of furan rings is 1. The van der Waals surface area contributed by atoms with Crippen molar-refractivity contribution in [2.45, 2.75) is 6.04 Å². The zero-order valence-corrected chi connectivity index (χ0v) is 11.4. The van der Waals surface area contributed by atoms with E-state index in [4.69, 9.17) is 16.0 Å². The van der Waals surface area contributed by atoms with Crippen LogP contribution in [0.2, 0.25) is 5.02 Å². The minimum Gasteiger partial charge on any atom is -0.463 e. The lowest BCUT2D eigenvalue weighted by Crippen LogP contribution is -2.17. The molecule has 0 saturated carbocycles. The highest BCUT2D eigenvalue weighted by atomic mass is 35.5. The molecule has 19 heavy (non-hydrogen) atoms. The number of carbonyl (C=O) groups is 1. The smallest absolute Gasteiger partial charge is 0.373 e. The first-order chi connectivity index (χ1) is 9.15. The van der Waals surface area contributed by atoms with Crippen molar-refractivity contribution in [3.8, 4) is 0 Å². The molecule has 100 valence electrons. The molecule has 1 atom stereocenters. The van der Waals surface area contributed by atoms with Crippen LogP contribution in [0.4, 0.5) is 0 Å². The topological polar surface area (TPSA) is 51.5 Å². The molecule has 0 aliphatic rings. The third-order valence-corrected chi connectivity index (χ3v) is 3.00. The van der Waals surface area contributed by atoms with Crippen molar-refractivity contribution in [3.63, 3.8) is 0 Å². The Bertz CT molecular complexity index is 580. The number of carbonyl (C=O) groups excluding carboxylic acids is 1. The molecule has 0 saturated heterocycles. The molecule has 2 aromatic rings. The number of hydrogen-bond donors (Lipinski definition) is 1. The predicted octanol–water partition coefficient (Wildman–Crippen LogP) is 3.03. The van der Waals surface area contributed by atoms with E-state index in [1.54, 1.807) is 18.2 Å². The van der Waals surface area contributed by atoms with E-state index < -0.39 is 5.97 Å². The van der Waals surface area contributed by atoms with Gasteiger partial charge in [0.2, 0.25) is 5.76 Å². The van der Waals surface area contributed by atoms with Gasteiger partial charge in [-0.2, -0.15) is 0 Å². The molecule has 0 amide bonds. The average Bonchev–Trinajstić information content (AvgIpc) is 2.88. The van der Waals surface area contributed by atoms with Crippen molar-refractivity contribution >= 4 is 17.6 Å². The molecule has 0 aliphatic heterocycles. The summed E-state index contributed by atoms with van der Waals surface area (Å²) in [4.78, 5) is 11.4. The summed E-state index contributed by atoms with van der Waals surface area (Å²) >= 11 is 5.98. The van der Waals surface area contributed by atoms with Crippen molar-refractivity contribution in [2.24, 2.45) is 0 Å². The fraction of sp³-hybridized carbons (Fsp3) is 0.214. The van der Waals surface area contributed by atoms with Gasteiger partial charge in [0.25, 0.3) is 0 Å². The minimum atomic E-state index is -0.493. The Hall–Kier alpha value is -1.78. The second-order valence-electron chi connectivity index (χ2n) is 3.97. The van der Waals surface area contributed by atoms with Crippen LogP contribution in [-0.4, -0.2) is 20.1 Å². The maximum atomic E-state index is 11.4. The van der Waals surface area contributed by atoms with Crippen molar-refractivity contribution in [1.82, 2.24) is 5.32 Å². The molecule has 5 heteroatoms. The minimum absolute atomic E-state index is 0.169. The number of esters is 1. The monoisotopic (exact) mass is 279 g/mol. The Kier molecular flexibility index (Phi) is 4.24. The third kappa shape index (κ3) is 2.97. The van der Waals surface area contributed by atoms with Gasteiger partial charge in [0.05, 0.1) is 13.2 Å². The Labute approximate surface area is 116 Å². The van der Waals surface area contributed by atoms with Crippen molar-refractivity contribution in [1.29, 1.82) is 0 Å². The SMILES string of the molecule is CNC(c1cccc(Cl)c1)c1ccc(C(=O)OC)o1. The van der Waals surface area contributed by atoms with E-state index in [1.165, 1.54) is 7.11 Å². The summed E-state index contributed by atoms with van der Waals surface area (Å²) in [5.41, 5.74) is 0.959. The molecule has 1 unspecified atom stereocenters. The lowest BCUT2D eigenvalue weighted by molar-refractivity contribution is 0.0562. The average molecular weight is 280 g/mol. The first-order valence-electron chi connectivity index (χ1n) is 5.76. The zero-order chi connectivity index (χ0) is 13.8. The van der Waals surface area contributed by atoms with Crippen molar-refractivity contribution < 1.29 is 13.9 Å². The van der Waals surface area contributed by atoms with Gasteiger partial charge in [-0.25, -0.2) is 4.79 Å². The number of methoxy groups -OCH3 is 1. The van der Waals surface area contributed by atoms with Crippen LogP contribution in [-0.2, 0) is 4.74 Å². The maximum Gasteiger partial charge on any atom is 0.373 e. The van der Waals surface area contributed by atoms with Crippen LogP contribution in [0.1, 0.15) is 27.9 Å². The normalized spacial score (nSPS) is 12.2. The zero-order valence-electron chi connectivity index (χ0n) is 10.6. The summed E-state index contributed by atoms with van der Waals surface area (Å²) in [6.45, 7) is 0. The number of rotatable bonds is 4. The Balaban J connectivity index is 2.32. The van der Waals surface area contributed by atoms with Crippen LogP contribution >= 0.6 is 11.6 Å². The van der Waals surface area contributed by atoms with E-state index >= 15 is 0 Å². The van der Waals surface area contributed by atoms with Crippen molar-refractivity contribution in [2.75, 3.05) is 14.2 Å². The predicted molar refractivity (Wildman–Crippen MR) is 72.4 cm³/mol.